The van der Waals surface area contributed by atoms with E-state index < -0.39 is 0 Å². The lowest BCUT2D eigenvalue weighted by atomic mass is 10.2. The molecule has 5 heteroatoms. The fraction of sp³-hybridized carbons (Fsp3) is 0.562. The predicted octanol–water partition coefficient (Wildman–Crippen LogP) is 2.85. The van der Waals surface area contributed by atoms with E-state index in [1.165, 1.54) is 0 Å². The van der Waals surface area contributed by atoms with Gasteiger partial charge in [-0.25, -0.2) is 0 Å². The molecule has 1 N–H and O–H groups in total. The SMILES string of the molecule is COc1ccc(NC(=O)C(C)C)cc1OCC1CCCO1. The van der Waals surface area contributed by atoms with Crippen molar-refractivity contribution in [2.24, 2.45) is 5.92 Å². The zero-order chi connectivity index (χ0) is 15.2. The molecule has 1 aromatic carbocycles. The van der Waals surface area contributed by atoms with Gasteiger partial charge in [-0.05, 0) is 25.0 Å². The summed E-state index contributed by atoms with van der Waals surface area (Å²) in [4.78, 5) is 11.7. The lowest BCUT2D eigenvalue weighted by molar-refractivity contribution is -0.118. The van der Waals surface area contributed by atoms with Crippen LogP contribution < -0.4 is 14.8 Å². The molecule has 0 saturated carbocycles. The van der Waals surface area contributed by atoms with Crippen LogP contribution in [0.2, 0.25) is 0 Å². The molecule has 116 valence electrons. The maximum Gasteiger partial charge on any atom is 0.226 e. The normalized spacial score (nSPS) is 17.8. The fourth-order valence-electron chi connectivity index (χ4n) is 2.11. The van der Waals surface area contributed by atoms with Crippen molar-refractivity contribution >= 4 is 11.6 Å². The fourth-order valence-corrected chi connectivity index (χ4v) is 2.11. The van der Waals surface area contributed by atoms with Crippen molar-refractivity contribution in [3.05, 3.63) is 18.2 Å². The van der Waals surface area contributed by atoms with Crippen LogP contribution in [0.4, 0.5) is 5.69 Å². The number of hydrogen-bond acceptors (Lipinski definition) is 4. The maximum atomic E-state index is 11.7. The highest BCUT2D eigenvalue weighted by Crippen LogP contribution is 2.31. The molecule has 21 heavy (non-hydrogen) atoms. The Bertz CT molecular complexity index is 481. The van der Waals surface area contributed by atoms with Gasteiger partial charge in [0.2, 0.25) is 5.91 Å². The van der Waals surface area contributed by atoms with Crippen LogP contribution in [0.5, 0.6) is 11.5 Å². The van der Waals surface area contributed by atoms with E-state index >= 15 is 0 Å². The van der Waals surface area contributed by atoms with E-state index in [0.29, 0.717) is 23.8 Å². The average molecular weight is 293 g/mol. The molecular weight excluding hydrogens is 270 g/mol. The number of carbonyl (C=O) groups excluding carboxylic acids is 1. The minimum Gasteiger partial charge on any atom is -0.493 e. The monoisotopic (exact) mass is 293 g/mol. The summed E-state index contributed by atoms with van der Waals surface area (Å²) >= 11 is 0. The van der Waals surface area contributed by atoms with Crippen LogP contribution in [0, 0.1) is 5.92 Å². The van der Waals surface area contributed by atoms with Crippen molar-refractivity contribution in [3.8, 4) is 11.5 Å². The number of benzene rings is 1. The van der Waals surface area contributed by atoms with E-state index in [4.69, 9.17) is 14.2 Å². The molecule has 1 atom stereocenters. The molecule has 0 aliphatic carbocycles. The van der Waals surface area contributed by atoms with E-state index in [0.717, 1.165) is 19.4 Å². The first kappa shape index (κ1) is 15.6. The molecule has 1 saturated heterocycles. The number of carbonyl (C=O) groups is 1. The molecule has 5 nitrogen and oxygen atoms in total. The van der Waals surface area contributed by atoms with Gasteiger partial charge in [-0.3, -0.25) is 4.79 Å². The first-order valence-corrected chi connectivity index (χ1v) is 7.33. The number of amides is 1. The van der Waals surface area contributed by atoms with E-state index in [9.17, 15) is 4.79 Å². The summed E-state index contributed by atoms with van der Waals surface area (Å²) in [6, 6.07) is 5.38. The zero-order valence-corrected chi connectivity index (χ0v) is 12.8. The maximum absolute atomic E-state index is 11.7. The molecule has 0 bridgehead atoms. The van der Waals surface area contributed by atoms with Gasteiger partial charge in [0.15, 0.2) is 11.5 Å². The molecule has 1 aliphatic rings. The number of anilines is 1. The van der Waals surface area contributed by atoms with E-state index in [1.54, 1.807) is 25.3 Å². The third kappa shape index (κ3) is 4.36. The Kier molecular flexibility index (Phi) is 5.44. The Morgan fingerprint density at radius 2 is 2.24 bits per heavy atom. The van der Waals surface area contributed by atoms with Gasteiger partial charge in [0.05, 0.1) is 13.2 Å². The molecule has 0 spiro atoms. The summed E-state index contributed by atoms with van der Waals surface area (Å²) in [5, 5.41) is 2.86. The van der Waals surface area contributed by atoms with Gasteiger partial charge >= 0.3 is 0 Å². The van der Waals surface area contributed by atoms with Crippen LogP contribution in [-0.4, -0.2) is 32.3 Å². The summed E-state index contributed by atoms with van der Waals surface area (Å²) in [7, 11) is 1.60. The largest absolute Gasteiger partial charge is 0.493 e. The van der Waals surface area contributed by atoms with Crippen LogP contribution in [-0.2, 0) is 9.53 Å². The average Bonchev–Trinajstić information content (AvgIpc) is 2.98. The zero-order valence-electron chi connectivity index (χ0n) is 12.8. The van der Waals surface area contributed by atoms with Gasteiger partial charge in [-0.15, -0.1) is 0 Å². The molecule has 1 amide bonds. The number of methoxy groups -OCH3 is 1. The van der Waals surface area contributed by atoms with Crippen LogP contribution >= 0.6 is 0 Å². The Morgan fingerprint density at radius 3 is 2.86 bits per heavy atom. The molecule has 1 aliphatic heterocycles. The van der Waals surface area contributed by atoms with Gasteiger partial charge in [-0.1, -0.05) is 13.8 Å². The smallest absolute Gasteiger partial charge is 0.226 e. The lowest BCUT2D eigenvalue weighted by Gasteiger charge is -2.15. The Morgan fingerprint density at radius 1 is 1.43 bits per heavy atom. The molecule has 1 unspecified atom stereocenters. The number of hydrogen-bond donors (Lipinski definition) is 1. The molecule has 1 aromatic rings. The predicted molar refractivity (Wildman–Crippen MR) is 80.9 cm³/mol. The van der Waals surface area contributed by atoms with Crippen molar-refractivity contribution in [1.82, 2.24) is 0 Å². The van der Waals surface area contributed by atoms with E-state index in [1.807, 2.05) is 13.8 Å². The second-order valence-electron chi connectivity index (χ2n) is 5.46. The summed E-state index contributed by atoms with van der Waals surface area (Å²) in [6.45, 7) is 5.01. The number of ether oxygens (including phenoxy) is 3. The summed E-state index contributed by atoms with van der Waals surface area (Å²) < 4.78 is 16.6. The summed E-state index contributed by atoms with van der Waals surface area (Å²) in [5.74, 6) is 1.18. The molecule has 1 fully saturated rings. The Hall–Kier alpha value is -1.75. The second kappa shape index (κ2) is 7.31. The minimum absolute atomic E-state index is 0.0229. The molecule has 0 aromatic heterocycles. The third-order valence-corrected chi connectivity index (χ3v) is 3.40. The molecule has 2 rings (SSSR count). The van der Waals surface area contributed by atoms with E-state index in [2.05, 4.69) is 5.32 Å². The second-order valence-corrected chi connectivity index (χ2v) is 5.46. The highest BCUT2D eigenvalue weighted by Gasteiger charge is 2.17. The third-order valence-electron chi connectivity index (χ3n) is 3.40. The van der Waals surface area contributed by atoms with Crippen LogP contribution in [0.25, 0.3) is 0 Å². The summed E-state index contributed by atoms with van der Waals surface area (Å²) in [5.41, 5.74) is 0.705. The van der Waals surface area contributed by atoms with E-state index in [-0.39, 0.29) is 17.9 Å². The first-order chi connectivity index (χ1) is 10.1. The lowest BCUT2D eigenvalue weighted by Crippen LogP contribution is -2.18. The summed E-state index contributed by atoms with van der Waals surface area (Å²) in [6.07, 6.45) is 2.24. The van der Waals surface area contributed by atoms with Crippen molar-refractivity contribution in [2.75, 3.05) is 25.6 Å². The topological polar surface area (TPSA) is 56.8 Å². The van der Waals surface area contributed by atoms with Gasteiger partial charge in [0.1, 0.15) is 6.61 Å². The highest BCUT2D eigenvalue weighted by atomic mass is 16.5. The van der Waals surface area contributed by atoms with Crippen molar-refractivity contribution in [1.29, 1.82) is 0 Å². The van der Waals surface area contributed by atoms with Crippen LogP contribution in [0.15, 0.2) is 18.2 Å². The van der Waals surface area contributed by atoms with Gasteiger partial charge in [0.25, 0.3) is 0 Å². The van der Waals surface area contributed by atoms with Crippen LogP contribution in [0.3, 0.4) is 0 Å². The van der Waals surface area contributed by atoms with Gasteiger partial charge in [-0.2, -0.15) is 0 Å². The minimum atomic E-state index is -0.0663. The molecule has 1 heterocycles. The Labute approximate surface area is 125 Å². The first-order valence-electron chi connectivity index (χ1n) is 7.33. The highest BCUT2D eigenvalue weighted by molar-refractivity contribution is 5.92. The molecular formula is C16H23NO4. The van der Waals surface area contributed by atoms with Crippen molar-refractivity contribution in [3.63, 3.8) is 0 Å². The van der Waals surface area contributed by atoms with Crippen molar-refractivity contribution < 1.29 is 19.0 Å². The number of nitrogens with one attached hydrogen (secondary N) is 1. The quantitative estimate of drug-likeness (QED) is 0.876. The van der Waals surface area contributed by atoms with Crippen LogP contribution in [0.1, 0.15) is 26.7 Å². The van der Waals surface area contributed by atoms with Gasteiger partial charge < -0.3 is 19.5 Å². The standard InChI is InChI=1S/C16H23NO4/c1-11(2)16(18)17-12-6-7-14(19-3)15(9-12)21-10-13-5-4-8-20-13/h6-7,9,11,13H,4-5,8,10H2,1-3H3,(H,17,18). The molecule has 0 radical (unpaired) electrons. The number of rotatable bonds is 6. The van der Waals surface area contributed by atoms with Crippen molar-refractivity contribution in [2.45, 2.75) is 32.8 Å². The van der Waals surface area contributed by atoms with Gasteiger partial charge in [0, 0.05) is 24.3 Å². The Balaban J connectivity index is 2.04.